The topological polar surface area (TPSA) is 68.3 Å². The fourth-order valence-electron chi connectivity index (χ4n) is 6.18. The zero-order valence-corrected chi connectivity index (χ0v) is 26.0. The van der Waals surface area contributed by atoms with Crippen LogP contribution >= 0.6 is 0 Å². The van der Waals surface area contributed by atoms with E-state index >= 15 is 4.39 Å². The lowest BCUT2D eigenvalue weighted by Crippen LogP contribution is -2.18. The van der Waals surface area contributed by atoms with Gasteiger partial charge in [0.1, 0.15) is 5.82 Å². The summed E-state index contributed by atoms with van der Waals surface area (Å²) in [7, 11) is -7.60. The first-order valence-electron chi connectivity index (χ1n) is 13.9. The number of halogens is 1. The van der Waals surface area contributed by atoms with Gasteiger partial charge in [-0.3, -0.25) is 0 Å². The van der Waals surface area contributed by atoms with E-state index in [0.717, 1.165) is 32.3 Å². The largest absolute Gasteiger partial charge is 0.228 e. The quantitative estimate of drug-likeness (QED) is 0.172. The lowest BCUT2D eigenvalue weighted by molar-refractivity contribution is 0.564. The monoisotopic (exact) mass is 590 g/mol. The van der Waals surface area contributed by atoms with E-state index in [9.17, 15) is 16.8 Å². The van der Waals surface area contributed by atoms with Crippen LogP contribution in [0.3, 0.4) is 0 Å². The van der Waals surface area contributed by atoms with E-state index in [0.29, 0.717) is 16.7 Å². The van der Waals surface area contributed by atoms with Gasteiger partial charge >= 0.3 is 0 Å². The Hall–Kier alpha value is -3.03. The molecule has 4 bridgehead atoms. The second-order valence-corrected chi connectivity index (χ2v) is 17.9. The van der Waals surface area contributed by atoms with E-state index in [-0.39, 0.29) is 28.0 Å². The first-order chi connectivity index (χ1) is 18.9. The van der Waals surface area contributed by atoms with Crippen LogP contribution in [0.15, 0.2) is 54.6 Å². The van der Waals surface area contributed by atoms with Gasteiger partial charge in [-0.05, 0) is 65.4 Å². The van der Waals surface area contributed by atoms with Crippen LogP contribution in [0.5, 0.6) is 0 Å². The average molecular weight is 591 g/mol. The Kier molecular flexibility index (Phi) is 6.16. The van der Waals surface area contributed by atoms with Crippen molar-refractivity contribution in [2.24, 2.45) is 0 Å². The van der Waals surface area contributed by atoms with Gasteiger partial charge in [0.15, 0.2) is 19.7 Å². The maximum absolute atomic E-state index is 15.7. The van der Waals surface area contributed by atoms with E-state index in [1.165, 1.54) is 5.56 Å². The summed E-state index contributed by atoms with van der Waals surface area (Å²) >= 11 is 0. The third kappa shape index (κ3) is 5.01. The molecule has 1 aliphatic rings. The predicted octanol–water partition coefficient (Wildman–Crippen LogP) is 7.86. The van der Waals surface area contributed by atoms with Crippen molar-refractivity contribution in [1.82, 2.24) is 0 Å². The summed E-state index contributed by atoms with van der Waals surface area (Å²) in [6.07, 6.45) is 0. The van der Waals surface area contributed by atoms with E-state index < -0.39 is 42.4 Å². The number of rotatable bonds is 0. The second kappa shape index (κ2) is 8.98. The van der Waals surface area contributed by atoms with Crippen LogP contribution in [-0.4, -0.2) is 16.8 Å². The van der Waals surface area contributed by atoms with Crippen molar-refractivity contribution in [1.29, 1.82) is 0 Å². The number of hydrogen-bond acceptors (Lipinski definition) is 4. The van der Waals surface area contributed by atoms with Crippen LogP contribution < -0.4 is 0 Å². The van der Waals surface area contributed by atoms with Crippen molar-refractivity contribution < 1.29 is 21.2 Å². The summed E-state index contributed by atoms with van der Waals surface area (Å²) in [5.41, 5.74) is 2.57. The Morgan fingerprint density at radius 3 is 1.34 bits per heavy atom. The third-order valence-corrected chi connectivity index (χ3v) is 11.3. The molecule has 0 unspecified atom stereocenters. The summed E-state index contributed by atoms with van der Waals surface area (Å²) in [4.78, 5) is 0. The molecule has 6 rings (SSSR count). The number of hydrogen-bond donors (Lipinski definition) is 0. The van der Waals surface area contributed by atoms with Gasteiger partial charge in [-0.1, -0.05) is 96.1 Å². The van der Waals surface area contributed by atoms with Crippen LogP contribution in [0, 0.1) is 5.82 Å². The van der Waals surface area contributed by atoms with Crippen molar-refractivity contribution in [2.75, 3.05) is 0 Å². The molecular weight excluding hydrogens is 556 g/mol. The summed E-state index contributed by atoms with van der Waals surface area (Å²) in [5.74, 6) is -2.36. The van der Waals surface area contributed by atoms with Gasteiger partial charge in [0, 0.05) is 11.1 Å². The molecule has 1 heterocycles. The first kappa shape index (κ1) is 28.1. The van der Waals surface area contributed by atoms with Gasteiger partial charge in [-0.2, -0.15) is 0 Å². The molecule has 5 aromatic carbocycles. The molecular formula is C34H35FO4S2. The molecule has 0 aliphatic carbocycles. The van der Waals surface area contributed by atoms with Gasteiger partial charge in [-0.15, -0.1) is 0 Å². The van der Waals surface area contributed by atoms with Crippen LogP contribution in [0.1, 0.15) is 74.9 Å². The number of benzene rings is 5. The normalized spacial score (nSPS) is 17.5. The van der Waals surface area contributed by atoms with Crippen molar-refractivity contribution in [2.45, 2.75) is 75.4 Å². The van der Waals surface area contributed by atoms with Crippen LogP contribution in [0.4, 0.5) is 4.39 Å². The highest BCUT2D eigenvalue weighted by molar-refractivity contribution is 7.90. The number of sulfone groups is 2. The Morgan fingerprint density at radius 1 is 0.537 bits per heavy atom. The zero-order valence-electron chi connectivity index (χ0n) is 24.4. The highest BCUT2D eigenvalue weighted by atomic mass is 32.2. The minimum Gasteiger partial charge on any atom is -0.228 e. The predicted molar refractivity (Wildman–Crippen MR) is 167 cm³/mol. The zero-order chi connectivity index (χ0) is 29.7. The fourth-order valence-corrected chi connectivity index (χ4v) is 9.18. The molecule has 1 aliphatic heterocycles. The SMILES string of the molecule is CC(C)(C)c1cc2c(F)c(c1)CS(=O)(=O)Cc1cc(c3ccc4cc(C(C)(C)C)cc5ccc1c3c45)CS(=O)(=O)C2. The minimum absolute atomic E-state index is 0.0239. The minimum atomic E-state index is -3.80. The maximum Gasteiger partial charge on any atom is 0.158 e. The van der Waals surface area contributed by atoms with Gasteiger partial charge in [0.2, 0.25) is 0 Å². The molecule has 214 valence electrons. The smallest absolute Gasteiger partial charge is 0.158 e. The lowest BCUT2D eigenvalue weighted by atomic mass is 9.82. The van der Waals surface area contributed by atoms with Crippen molar-refractivity contribution in [3.63, 3.8) is 0 Å². The number of fused-ring (bicyclic) bond motifs is 6. The molecule has 0 saturated heterocycles. The molecule has 7 heteroatoms. The Bertz CT molecular complexity index is 1970. The van der Waals surface area contributed by atoms with E-state index in [1.54, 1.807) is 18.2 Å². The van der Waals surface area contributed by atoms with Gasteiger partial charge in [0.05, 0.1) is 23.0 Å². The molecule has 0 fully saturated rings. The molecule has 4 nitrogen and oxygen atoms in total. The summed E-state index contributed by atoms with van der Waals surface area (Å²) in [5, 5.41) is 5.53. The van der Waals surface area contributed by atoms with Crippen molar-refractivity contribution in [3.8, 4) is 0 Å². The van der Waals surface area contributed by atoms with Crippen LogP contribution in [-0.2, 0) is 53.5 Å². The molecule has 41 heavy (non-hydrogen) atoms. The standard InChI is InChI=1S/C34H35FO4S2/c1-33(2,3)26-12-20-7-9-28-22-11-23(29-10-8-21(13-26)30(20)31(28)29)17-41(38,39)19-25-15-27(34(4,5)6)14-24(32(25)35)18-40(36,37)16-22/h7-15H,16-19H2,1-6H3. The van der Waals surface area contributed by atoms with Gasteiger partial charge < -0.3 is 0 Å². The summed E-state index contributed by atoms with van der Waals surface area (Å²) in [6, 6.07) is 17.2. The fraction of sp³-hybridized carbons (Fsp3) is 0.353. The Labute approximate surface area is 241 Å². The molecule has 0 amide bonds. The van der Waals surface area contributed by atoms with Crippen molar-refractivity contribution >= 4 is 52.0 Å². The summed E-state index contributed by atoms with van der Waals surface area (Å²) < 4.78 is 70.4. The molecule has 0 N–H and O–H groups in total. The highest BCUT2D eigenvalue weighted by Crippen LogP contribution is 2.41. The Morgan fingerprint density at radius 2 is 0.927 bits per heavy atom. The molecule has 0 saturated carbocycles. The molecule has 0 spiro atoms. The summed E-state index contributed by atoms with van der Waals surface area (Å²) in [6.45, 7) is 12.3. The second-order valence-electron chi connectivity index (χ2n) is 13.8. The third-order valence-electron chi connectivity index (χ3n) is 8.34. The lowest BCUT2D eigenvalue weighted by Gasteiger charge is -2.24. The van der Waals surface area contributed by atoms with Gasteiger partial charge in [-0.25, -0.2) is 21.2 Å². The molecule has 5 aromatic rings. The first-order valence-corrected chi connectivity index (χ1v) is 17.5. The Balaban J connectivity index is 1.65. The molecule has 0 aromatic heterocycles. The van der Waals surface area contributed by atoms with Gasteiger partial charge in [0.25, 0.3) is 0 Å². The van der Waals surface area contributed by atoms with Crippen LogP contribution in [0.2, 0.25) is 0 Å². The van der Waals surface area contributed by atoms with E-state index in [2.05, 4.69) is 32.9 Å². The molecule has 0 radical (unpaired) electrons. The average Bonchev–Trinajstić information content (AvgIpc) is 2.83. The van der Waals surface area contributed by atoms with Crippen LogP contribution in [0.25, 0.3) is 32.3 Å². The van der Waals surface area contributed by atoms with E-state index in [1.807, 2.05) is 45.0 Å². The van der Waals surface area contributed by atoms with Crippen molar-refractivity contribution in [3.05, 3.63) is 93.8 Å². The highest BCUT2D eigenvalue weighted by Gasteiger charge is 2.28. The maximum atomic E-state index is 15.7. The molecule has 0 atom stereocenters. The van der Waals surface area contributed by atoms with E-state index in [4.69, 9.17) is 0 Å².